The Hall–Kier alpha value is -3.71. The number of thiophene rings is 1. The number of para-hydroxylation sites is 1. The van der Waals surface area contributed by atoms with E-state index in [4.69, 9.17) is 4.74 Å². The Bertz CT molecular complexity index is 1400. The number of carbonyl (C=O) groups is 1. The van der Waals surface area contributed by atoms with Crippen molar-refractivity contribution >= 4 is 44.1 Å². The molecular formula is C23H18N4O2S. The molecule has 1 amide bonds. The van der Waals surface area contributed by atoms with Gasteiger partial charge < -0.3 is 10.1 Å². The number of hydrogen-bond donors (Lipinski definition) is 1. The molecule has 0 unspecified atom stereocenters. The maximum atomic E-state index is 12.9. The van der Waals surface area contributed by atoms with Gasteiger partial charge in [0.2, 0.25) is 0 Å². The summed E-state index contributed by atoms with van der Waals surface area (Å²) in [6, 6.07) is 19.4. The zero-order chi connectivity index (χ0) is 20.7. The SMILES string of the molecule is COc1cccc(-c2nn(C)c3sc(C(=O)Nc4cnc5ccccc5c4)cc23)c1. The average Bonchev–Trinajstić information content (AvgIpc) is 3.34. The Balaban J connectivity index is 1.49. The van der Waals surface area contributed by atoms with Crippen molar-refractivity contribution in [2.75, 3.05) is 12.4 Å². The second-order valence-corrected chi connectivity index (χ2v) is 7.94. The molecular weight excluding hydrogens is 396 g/mol. The van der Waals surface area contributed by atoms with Gasteiger partial charge in [0.1, 0.15) is 16.3 Å². The van der Waals surface area contributed by atoms with E-state index in [-0.39, 0.29) is 5.91 Å². The summed E-state index contributed by atoms with van der Waals surface area (Å²) in [5.41, 5.74) is 3.34. The number of amides is 1. The van der Waals surface area contributed by atoms with Crippen molar-refractivity contribution in [1.29, 1.82) is 0 Å². The standard InChI is InChI=1S/C23H18N4O2S/c1-27-23-18(21(26-27)15-7-5-8-17(11-15)29-2)12-20(30-23)22(28)25-16-10-14-6-3-4-9-19(14)24-13-16/h3-13H,1-2H3,(H,25,28). The van der Waals surface area contributed by atoms with Crippen molar-refractivity contribution in [2.24, 2.45) is 7.05 Å². The molecule has 0 spiro atoms. The maximum absolute atomic E-state index is 12.9. The molecule has 0 aliphatic carbocycles. The number of pyridine rings is 1. The van der Waals surface area contributed by atoms with Crippen LogP contribution in [0, 0.1) is 0 Å². The quantitative estimate of drug-likeness (QED) is 0.444. The lowest BCUT2D eigenvalue weighted by molar-refractivity contribution is 0.103. The molecule has 0 saturated heterocycles. The van der Waals surface area contributed by atoms with E-state index in [1.165, 1.54) is 11.3 Å². The van der Waals surface area contributed by atoms with E-state index >= 15 is 0 Å². The van der Waals surface area contributed by atoms with Gasteiger partial charge in [0.25, 0.3) is 5.91 Å². The molecule has 0 bridgehead atoms. The fourth-order valence-corrected chi connectivity index (χ4v) is 4.44. The van der Waals surface area contributed by atoms with Gasteiger partial charge in [0.05, 0.1) is 29.4 Å². The normalized spacial score (nSPS) is 11.1. The molecule has 148 valence electrons. The molecule has 0 aliphatic rings. The van der Waals surface area contributed by atoms with Crippen molar-refractivity contribution in [3.05, 3.63) is 71.7 Å². The summed E-state index contributed by atoms with van der Waals surface area (Å²) >= 11 is 1.42. The van der Waals surface area contributed by atoms with Gasteiger partial charge in [-0.2, -0.15) is 5.10 Å². The maximum Gasteiger partial charge on any atom is 0.265 e. The van der Waals surface area contributed by atoms with Gasteiger partial charge >= 0.3 is 0 Å². The topological polar surface area (TPSA) is 69.0 Å². The minimum Gasteiger partial charge on any atom is -0.497 e. The van der Waals surface area contributed by atoms with Gasteiger partial charge in [-0.15, -0.1) is 11.3 Å². The van der Waals surface area contributed by atoms with Crippen LogP contribution in [0.5, 0.6) is 5.75 Å². The number of benzene rings is 2. The molecule has 3 aromatic heterocycles. The monoisotopic (exact) mass is 414 g/mol. The highest BCUT2D eigenvalue weighted by Crippen LogP contribution is 2.35. The van der Waals surface area contributed by atoms with Crippen molar-refractivity contribution in [3.8, 4) is 17.0 Å². The van der Waals surface area contributed by atoms with E-state index in [1.54, 1.807) is 13.3 Å². The number of nitrogens with zero attached hydrogens (tertiary/aromatic N) is 3. The van der Waals surface area contributed by atoms with Gasteiger partial charge in [-0.05, 0) is 30.3 Å². The van der Waals surface area contributed by atoms with E-state index in [0.29, 0.717) is 10.6 Å². The van der Waals surface area contributed by atoms with E-state index in [9.17, 15) is 4.79 Å². The largest absolute Gasteiger partial charge is 0.497 e. The molecule has 5 aromatic rings. The third kappa shape index (κ3) is 3.19. The molecule has 2 aromatic carbocycles. The highest BCUT2D eigenvalue weighted by Gasteiger charge is 2.18. The van der Waals surface area contributed by atoms with Crippen LogP contribution in [-0.4, -0.2) is 27.8 Å². The van der Waals surface area contributed by atoms with Crippen molar-refractivity contribution in [2.45, 2.75) is 0 Å². The first-order valence-electron chi connectivity index (χ1n) is 9.39. The molecule has 0 fully saturated rings. The molecule has 7 heteroatoms. The van der Waals surface area contributed by atoms with Gasteiger partial charge in [-0.25, -0.2) is 0 Å². The number of carbonyl (C=O) groups excluding carboxylic acids is 1. The van der Waals surface area contributed by atoms with E-state index < -0.39 is 0 Å². The number of aryl methyl sites for hydroxylation is 1. The highest BCUT2D eigenvalue weighted by atomic mass is 32.1. The van der Waals surface area contributed by atoms with Crippen molar-refractivity contribution in [3.63, 3.8) is 0 Å². The lowest BCUT2D eigenvalue weighted by Gasteiger charge is -2.05. The van der Waals surface area contributed by atoms with Crippen LogP contribution in [0.15, 0.2) is 66.9 Å². The first-order valence-corrected chi connectivity index (χ1v) is 10.2. The van der Waals surface area contributed by atoms with Crippen LogP contribution < -0.4 is 10.1 Å². The lowest BCUT2D eigenvalue weighted by Crippen LogP contribution is -2.10. The van der Waals surface area contributed by atoms with Crippen LogP contribution in [0.2, 0.25) is 0 Å². The van der Waals surface area contributed by atoms with E-state index in [2.05, 4.69) is 15.4 Å². The van der Waals surface area contributed by atoms with Crippen LogP contribution >= 0.6 is 11.3 Å². The minimum atomic E-state index is -0.162. The summed E-state index contributed by atoms with van der Waals surface area (Å²) in [7, 11) is 3.53. The predicted octanol–water partition coefficient (Wildman–Crippen LogP) is 5.11. The number of methoxy groups -OCH3 is 1. The molecule has 30 heavy (non-hydrogen) atoms. The molecule has 0 atom stereocenters. The van der Waals surface area contributed by atoms with Crippen molar-refractivity contribution in [1.82, 2.24) is 14.8 Å². The number of hydrogen-bond acceptors (Lipinski definition) is 5. The lowest BCUT2D eigenvalue weighted by atomic mass is 10.1. The van der Waals surface area contributed by atoms with Gasteiger partial charge in [0, 0.05) is 23.4 Å². The number of nitrogens with one attached hydrogen (secondary N) is 1. The summed E-state index contributed by atoms with van der Waals surface area (Å²) in [6.07, 6.45) is 1.68. The Kier molecular flexibility index (Phi) is 4.44. The summed E-state index contributed by atoms with van der Waals surface area (Å²) in [5.74, 6) is 0.605. The number of aromatic nitrogens is 3. The molecule has 6 nitrogen and oxygen atoms in total. The number of fused-ring (bicyclic) bond motifs is 2. The average molecular weight is 414 g/mol. The second-order valence-electron chi connectivity index (χ2n) is 6.90. The smallest absolute Gasteiger partial charge is 0.265 e. The molecule has 3 heterocycles. The third-order valence-electron chi connectivity index (χ3n) is 4.93. The van der Waals surface area contributed by atoms with Crippen LogP contribution in [0.4, 0.5) is 5.69 Å². The zero-order valence-electron chi connectivity index (χ0n) is 16.4. The summed E-state index contributed by atoms with van der Waals surface area (Å²) in [5, 5.41) is 9.53. The Morgan fingerprint density at radius 1 is 1.10 bits per heavy atom. The minimum absolute atomic E-state index is 0.162. The molecule has 1 N–H and O–H groups in total. The van der Waals surface area contributed by atoms with E-state index in [0.717, 1.165) is 38.1 Å². The number of rotatable bonds is 4. The van der Waals surface area contributed by atoms with Gasteiger partial charge in [-0.3, -0.25) is 14.5 Å². The molecule has 0 aliphatic heterocycles. The summed E-state index contributed by atoms with van der Waals surface area (Å²) in [4.78, 5) is 18.9. The van der Waals surface area contributed by atoms with Crippen LogP contribution in [-0.2, 0) is 7.05 Å². The highest BCUT2D eigenvalue weighted by molar-refractivity contribution is 7.20. The zero-order valence-corrected chi connectivity index (χ0v) is 17.2. The van der Waals surface area contributed by atoms with Gasteiger partial charge in [0.15, 0.2) is 0 Å². The van der Waals surface area contributed by atoms with Gasteiger partial charge in [-0.1, -0.05) is 30.3 Å². The first kappa shape index (κ1) is 18.3. The fraction of sp³-hybridized carbons (Fsp3) is 0.0870. The molecule has 0 radical (unpaired) electrons. The van der Waals surface area contributed by atoms with Crippen LogP contribution in [0.1, 0.15) is 9.67 Å². The molecule has 0 saturated carbocycles. The van der Waals surface area contributed by atoms with Crippen LogP contribution in [0.3, 0.4) is 0 Å². The number of ether oxygens (including phenoxy) is 1. The first-order chi connectivity index (χ1) is 14.6. The van der Waals surface area contributed by atoms with Crippen LogP contribution in [0.25, 0.3) is 32.4 Å². The van der Waals surface area contributed by atoms with Crippen molar-refractivity contribution < 1.29 is 9.53 Å². The summed E-state index contributed by atoms with van der Waals surface area (Å²) < 4.78 is 7.14. The Morgan fingerprint density at radius 2 is 1.97 bits per heavy atom. The fourth-order valence-electron chi connectivity index (χ4n) is 3.47. The predicted molar refractivity (Wildman–Crippen MR) is 120 cm³/mol. The third-order valence-corrected chi connectivity index (χ3v) is 6.13. The Morgan fingerprint density at radius 3 is 2.83 bits per heavy atom. The second kappa shape index (κ2) is 7.27. The Labute approximate surface area is 176 Å². The van der Waals surface area contributed by atoms with E-state index in [1.807, 2.05) is 72.4 Å². The summed E-state index contributed by atoms with van der Waals surface area (Å²) in [6.45, 7) is 0. The molecule has 5 rings (SSSR count). The number of anilines is 1.